The molecule has 21 heavy (non-hydrogen) atoms. The first-order valence-electron chi connectivity index (χ1n) is 6.78. The van der Waals surface area contributed by atoms with E-state index in [9.17, 15) is 9.18 Å². The fourth-order valence-electron chi connectivity index (χ4n) is 2.63. The van der Waals surface area contributed by atoms with Gasteiger partial charge in [0.25, 0.3) is 5.91 Å². The van der Waals surface area contributed by atoms with Crippen LogP contribution in [0.1, 0.15) is 41.5 Å². The number of hydrogen-bond acceptors (Lipinski definition) is 3. The molecular formula is C14H14ClFN4O. The van der Waals surface area contributed by atoms with E-state index in [0.717, 1.165) is 19.3 Å². The Bertz CT molecular complexity index is 646. The van der Waals surface area contributed by atoms with Gasteiger partial charge in [-0.3, -0.25) is 9.89 Å². The summed E-state index contributed by atoms with van der Waals surface area (Å²) in [7, 11) is 0. The van der Waals surface area contributed by atoms with Gasteiger partial charge in [0.15, 0.2) is 0 Å². The van der Waals surface area contributed by atoms with E-state index in [-0.39, 0.29) is 17.0 Å². The summed E-state index contributed by atoms with van der Waals surface area (Å²) in [5, 5.41) is 6.62. The van der Waals surface area contributed by atoms with Crippen molar-refractivity contribution in [2.45, 2.75) is 25.3 Å². The third-order valence-corrected chi connectivity index (χ3v) is 3.97. The van der Waals surface area contributed by atoms with Crippen molar-refractivity contribution in [1.29, 1.82) is 0 Å². The van der Waals surface area contributed by atoms with Gasteiger partial charge >= 0.3 is 0 Å². The molecule has 110 valence electrons. The van der Waals surface area contributed by atoms with E-state index in [2.05, 4.69) is 15.2 Å². The van der Waals surface area contributed by atoms with Crippen LogP contribution in [0, 0.1) is 5.82 Å². The monoisotopic (exact) mass is 308 g/mol. The molecule has 0 radical (unpaired) electrons. The molecule has 0 bridgehead atoms. The molecule has 1 fully saturated rings. The number of halogens is 2. The van der Waals surface area contributed by atoms with Gasteiger partial charge in [-0.1, -0.05) is 11.6 Å². The molecule has 5 nitrogen and oxygen atoms in total. The van der Waals surface area contributed by atoms with Crippen molar-refractivity contribution in [2.75, 3.05) is 6.54 Å². The minimum atomic E-state index is -0.529. The van der Waals surface area contributed by atoms with E-state index in [0.29, 0.717) is 17.9 Å². The first kappa shape index (κ1) is 14.0. The lowest BCUT2D eigenvalue weighted by Crippen LogP contribution is -2.39. The summed E-state index contributed by atoms with van der Waals surface area (Å²) >= 11 is 5.76. The number of hydrogen-bond donors (Lipinski definition) is 1. The molecule has 0 saturated carbocycles. The van der Waals surface area contributed by atoms with Crippen LogP contribution in [0.5, 0.6) is 0 Å². The van der Waals surface area contributed by atoms with Crippen molar-refractivity contribution >= 4 is 17.5 Å². The molecule has 1 unspecified atom stereocenters. The number of aromatic nitrogens is 3. The van der Waals surface area contributed by atoms with Gasteiger partial charge in [-0.15, -0.1) is 0 Å². The van der Waals surface area contributed by atoms with E-state index in [1.165, 1.54) is 24.5 Å². The number of piperidine rings is 1. The Morgan fingerprint density at radius 2 is 2.29 bits per heavy atom. The topological polar surface area (TPSA) is 61.9 Å². The molecule has 1 amide bonds. The van der Waals surface area contributed by atoms with Crippen LogP contribution in [0.15, 0.2) is 24.5 Å². The number of likely N-dealkylation sites (tertiary alicyclic amines) is 1. The van der Waals surface area contributed by atoms with E-state index in [1.807, 2.05) is 0 Å². The van der Waals surface area contributed by atoms with Gasteiger partial charge in [-0.2, -0.15) is 5.10 Å². The number of carbonyl (C=O) groups is 1. The highest BCUT2D eigenvalue weighted by atomic mass is 35.5. The summed E-state index contributed by atoms with van der Waals surface area (Å²) in [5.74, 6) is -0.0205. The Labute approximate surface area is 126 Å². The second-order valence-corrected chi connectivity index (χ2v) is 5.42. The number of aromatic amines is 1. The SMILES string of the molecule is O=C(c1ccc(F)c(Cl)c1)N1CCCCC1c1ncn[nH]1. The molecule has 1 aliphatic rings. The van der Waals surface area contributed by atoms with Gasteiger partial charge in [-0.05, 0) is 37.5 Å². The van der Waals surface area contributed by atoms with Crippen LogP contribution >= 0.6 is 11.6 Å². The zero-order chi connectivity index (χ0) is 14.8. The predicted octanol–water partition coefficient (Wildman–Crippen LogP) is 2.96. The highest BCUT2D eigenvalue weighted by Gasteiger charge is 2.30. The third-order valence-electron chi connectivity index (χ3n) is 3.68. The van der Waals surface area contributed by atoms with Gasteiger partial charge in [0.1, 0.15) is 18.0 Å². The molecule has 1 atom stereocenters. The Kier molecular flexibility index (Phi) is 3.88. The van der Waals surface area contributed by atoms with E-state index < -0.39 is 5.82 Å². The van der Waals surface area contributed by atoms with E-state index >= 15 is 0 Å². The third kappa shape index (κ3) is 2.76. The first-order chi connectivity index (χ1) is 10.2. The van der Waals surface area contributed by atoms with Crippen LogP contribution < -0.4 is 0 Å². The average Bonchev–Trinajstić information content (AvgIpc) is 3.03. The van der Waals surface area contributed by atoms with Crippen LogP contribution in [0.4, 0.5) is 4.39 Å². The van der Waals surface area contributed by atoms with Crippen molar-refractivity contribution in [2.24, 2.45) is 0 Å². The zero-order valence-electron chi connectivity index (χ0n) is 11.2. The van der Waals surface area contributed by atoms with Gasteiger partial charge in [0.2, 0.25) is 0 Å². The number of H-pyrrole nitrogens is 1. The Hall–Kier alpha value is -1.95. The summed E-state index contributed by atoms with van der Waals surface area (Å²) in [6.45, 7) is 0.638. The van der Waals surface area contributed by atoms with Crippen LogP contribution in [0.3, 0.4) is 0 Å². The maximum atomic E-state index is 13.2. The van der Waals surface area contributed by atoms with Gasteiger partial charge in [0.05, 0.1) is 11.1 Å². The normalized spacial score (nSPS) is 18.8. The number of carbonyl (C=O) groups excluding carboxylic acids is 1. The Morgan fingerprint density at radius 1 is 1.43 bits per heavy atom. The lowest BCUT2D eigenvalue weighted by molar-refractivity contribution is 0.0600. The van der Waals surface area contributed by atoms with Crippen LogP contribution in [0.25, 0.3) is 0 Å². The lowest BCUT2D eigenvalue weighted by Gasteiger charge is -2.34. The molecule has 1 aliphatic heterocycles. The average molecular weight is 309 g/mol. The van der Waals surface area contributed by atoms with Crippen molar-refractivity contribution in [3.8, 4) is 0 Å². The molecule has 2 heterocycles. The molecule has 0 spiro atoms. The fraction of sp³-hybridized carbons (Fsp3) is 0.357. The zero-order valence-corrected chi connectivity index (χ0v) is 12.0. The molecule has 7 heteroatoms. The number of rotatable bonds is 2. The quantitative estimate of drug-likeness (QED) is 0.927. The van der Waals surface area contributed by atoms with Crippen LogP contribution in [-0.4, -0.2) is 32.5 Å². The van der Waals surface area contributed by atoms with Crippen molar-refractivity contribution < 1.29 is 9.18 Å². The summed E-state index contributed by atoms with van der Waals surface area (Å²) in [5.41, 5.74) is 0.382. The largest absolute Gasteiger partial charge is 0.328 e. The number of nitrogens with zero attached hydrogens (tertiary/aromatic N) is 3. The molecule has 2 aromatic rings. The molecule has 1 N–H and O–H groups in total. The van der Waals surface area contributed by atoms with Gasteiger partial charge < -0.3 is 4.90 Å². The summed E-state index contributed by atoms with van der Waals surface area (Å²) in [4.78, 5) is 18.5. The molecule has 0 aliphatic carbocycles. The Morgan fingerprint density at radius 3 is 3.00 bits per heavy atom. The van der Waals surface area contributed by atoms with Crippen molar-refractivity contribution in [3.63, 3.8) is 0 Å². The van der Waals surface area contributed by atoms with E-state index in [1.54, 1.807) is 4.90 Å². The number of amides is 1. The second kappa shape index (κ2) is 5.81. The summed E-state index contributed by atoms with van der Waals surface area (Å²) in [6, 6.07) is 3.90. The minimum absolute atomic E-state index is 0.0472. The summed E-state index contributed by atoms with van der Waals surface area (Å²) < 4.78 is 13.2. The van der Waals surface area contributed by atoms with E-state index in [4.69, 9.17) is 11.6 Å². The molecule has 1 saturated heterocycles. The second-order valence-electron chi connectivity index (χ2n) is 5.01. The molecular weight excluding hydrogens is 295 g/mol. The molecule has 3 rings (SSSR count). The highest BCUT2D eigenvalue weighted by molar-refractivity contribution is 6.31. The van der Waals surface area contributed by atoms with Gasteiger partial charge in [0, 0.05) is 12.1 Å². The highest BCUT2D eigenvalue weighted by Crippen LogP contribution is 2.30. The molecule has 1 aromatic carbocycles. The minimum Gasteiger partial charge on any atom is -0.328 e. The van der Waals surface area contributed by atoms with Crippen molar-refractivity contribution in [3.05, 3.63) is 46.8 Å². The number of nitrogens with one attached hydrogen (secondary N) is 1. The smallest absolute Gasteiger partial charge is 0.254 e. The maximum Gasteiger partial charge on any atom is 0.254 e. The summed E-state index contributed by atoms with van der Waals surface area (Å²) in [6.07, 6.45) is 4.22. The maximum absolute atomic E-state index is 13.2. The number of benzene rings is 1. The first-order valence-corrected chi connectivity index (χ1v) is 7.16. The molecule has 1 aromatic heterocycles. The lowest BCUT2D eigenvalue weighted by atomic mass is 10.00. The predicted molar refractivity (Wildman–Crippen MR) is 75.4 cm³/mol. The van der Waals surface area contributed by atoms with Crippen molar-refractivity contribution in [1.82, 2.24) is 20.1 Å². The Balaban J connectivity index is 1.89. The standard InChI is InChI=1S/C14H14ClFN4O/c15-10-7-9(4-5-11(10)16)14(21)20-6-2-1-3-12(20)13-17-8-18-19-13/h4-5,7-8,12H,1-3,6H2,(H,17,18,19). The fourth-order valence-corrected chi connectivity index (χ4v) is 2.81. The van der Waals surface area contributed by atoms with Crippen LogP contribution in [0.2, 0.25) is 5.02 Å². The van der Waals surface area contributed by atoms with Crippen LogP contribution in [-0.2, 0) is 0 Å². The van der Waals surface area contributed by atoms with Gasteiger partial charge in [-0.25, -0.2) is 9.37 Å².